The molecule has 0 radical (unpaired) electrons. The van der Waals surface area contributed by atoms with E-state index >= 15 is 0 Å². The van der Waals surface area contributed by atoms with Crippen molar-refractivity contribution in [2.45, 2.75) is 45.1 Å². The number of ether oxygens (including phenoxy) is 2. The monoisotopic (exact) mass is 491 g/mol. The SMILES string of the molecule is CC(=O)c1cc(Cl)ccc1OCC(=O)CC1CCC(NC(=O)COc2ccc(Cl)cc2)CC1. The normalized spacial score (nSPS) is 17.8. The first kappa shape index (κ1) is 25.1. The molecule has 1 aliphatic carbocycles. The van der Waals surface area contributed by atoms with E-state index in [1.807, 2.05) is 0 Å². The predicted octanol–water partition coefficient (Wildman–Crippen LogP) is 5.29. The average Bonchev–Trinajstić information content (AvgIpc) is 2.79. The van der Waals surface area contributed by atoms with Crippen LogP contribution >= 0.6 is 23.2 Å². The molecule has 33 heavy (non-hydrogen) atoms. The van der Waals surface area contributed by atoms with Crippen molar-refractivity contribution in [3.63, 3.8) is 0 Å². The van der Waals surface area contributed by atoms with E-state index in [0.29, 0.717) is 33.5 Å². The fraction of sp³-hybridized carbons (Fsp3) is 0.400. The largest absolute Gasteiger partial charge is 0.485 e. The van der Waals surface area contributed by atoms with Gasteiger partial charge in [0, 0.05) is 22.5 Å². The molecule has 8 heteroatoms. The average molecular weight is 492 g/mol. The summed E-state index contributed by atoms with van der Waals surface area (Å²) in [5.41, 5.74) is 0.367. The Morgan fingerprint density at radius 1 is 0.909 bits per heavy atom. The zero-order valence-electron chi connectivity index (χ0n) is 18.4. The highest BCUT2D eigenvalue weighted by Crippen LogP contribution is 2.28. The van der Waals surface area contributed by atoms with E-state index in [0.717, 1.165) is 25.7 Å². The Bertz CT molecular complexity index is 985. The zero-order chi connectivity index (χ0) is 23.8. The van der Waals surface area contributed by atoms with Gasteiger partial charge >= 0.3 is 0 Å². The van der Waals surface area contributed by atoms with Crippen LogP contribution in [0.3, 0.4) is 0 Å². The molecule has 1 aliphatic rings. The molecule has 0 unspecified atom stereocenters. The van der Waals surface area contributed by atoms with Crippen molar-refractivity contribution >= 4 is 40.7 Å². The first-order valence-electron chi connectivity index (χ1n) is 10.9. The summed E-state index contributed by atoms with van der Waals surface area (Å²) < 4.78 is 11.1. The molecule has 0 spiro atoms. The van der Waals surface area contributed by atoms with Gasteiger partial charge in [0.25, 0.3) is 5.91 Å². The van der Waals surface area contributed by atoms with Gasteiger partial charge in [0.15, 0.2) is 18.2 Å². The number of halogens is 2. The van der Waals surface area contributed by atoms with Crippen LogP contribution in [0.5, 0.6) is 11.5 Å². The van der Waals surface area contributed by atoms with Crippen LogP contribution in [0.25, 0.3) is 0 Å². The Labute approximate surface area is 203 Å². The Morgan fingerprint density at radius 2 is 1.58 bits per heavy atom. The van der Waals surface area contributed by atoms with Crippen LogP contribution in [0, 0.1) is 5.92 Å². The van der Waals surface area contributed by atoms with Gasteiger partial charge in [-0.2, -0.15) is 0 Å². The van der Waals surface area contributed by atoms with Gasteiger partial charge in [-0.05, 0) is 81.0 Å². The number of hydrogen-bond acceptors (Lipinski definition) is 5. The van der Waals surface area contributed by atoms with Crippen LogP contribution in [-0.4, -0.2) is 36.7 Å². The van der Waals surface area contributed by atoms with Crippen LogP contribution in [0.2, 0.25) is 10.0 Å². The quantitative estimate of drug-likeness (QED) is 0.456. The first-order valence-corrected chi connectivity index (χ1v) is 11.7. The molecule has 0 aliphatic heterocycles. The maximum Gasteiger partial charge on any atom is 0.258 e. The fourth-order valence-corrected chi connectivity index (χ4v) is 4.20. The minimum Gasteiger partial charge on any atom is -0.485 e. The summed E-state index contributed by atoms with van der Waals surface area (Å²) in [6, 6.07) is 11.7. The highest BCUT2D eigenvalue weighted by Gasteiger charge is 2.24. The summed E-state index contributed by atoms with van der Waals surface area (Å²) in [6.45, 7) is 1.30. The minimum absolute atomic E-state index is 0.0108. The molecule has 2 aromatic rings. The van der Waals surface area contributed by atoms with Gasteiger partial charge < -0.3 is 14.8 Å². The number of ketones is 2. The molecule has 176 valence electrons. The molecule has 0 aromatic heterocycles. The summed E-state index contributed by atoms with van der Waals surface area (Å²) in [6.07, 6.45) is 3.76. The molecule has 3 rings (SSSR count). The van der Waals surface area contributed by atoms with Crippen LogP contribution < -0.4 is 14.8 Å². The lowest BCUT2D eigenvalue weighted by molar-refractivity contribution is -0.125. The molecule has 0 atom stereocenters. The molecule has 1 saturated carbocycles. The van der Waals surface area contributed by atoms with E-state index in [1.165, 1.54) is 6.92 Å². The topological polar surface area (TPSA) is 81.7 Å². The zero-order valence-corrected chi connectivity index (χ0v) is 20.0. The Hall–Kier alpha value is -2.57. The third kappa shape index (κ3) is 8.06. The van der Waals surface area contributed by atoms with Crippen LogP contribution in [0.1, 0.15) is 49.4 Å². The van der Waals surface area contributed by atoms with Crippen molar-refractivity contribution in [3.05, 3.63) is 58.1 Å². The van der Waals surface area contributed by atoms with E-state index in [1.54, 1.807) is 42.5 Å². The molecule has 1 fully saturated rings. The summed E-state index contributed by atoms with van der Waals surface area (Å²) in [5, 5.41) is 4.05. The predicted molar refractivity (Wildman–Crippen MR) is 127 cm³/mol. The molecule has 6 nitrogen and oxygen atoms in total. The van der Waals surface area contributed by atoms with Crippen molar-refractivity contribution < 1.29 is 23.9 Å². The number of amides is 1. The highest BCUT2D eigenvalue weighted by molar-refractivity contribution is 6.31. The van der Waals surface area contributed by atoms with Crippen LogP contribution in [0.4, 0.5) is 0 Å². The number of benzene rings is 2. The summed E-state index contributed by atoms with van der Waals surface area (Å²) >= 11 is 11.8. The fourth-order valence-electron chi connectivity index (χ4n) is 3.90. The third-order valence-corrected chi connectivity index (χ3v) is 6.11. The Morgan fingerprint density at radius 3 is 2.24 bits per heavy atom. The highest BCUT2D eigenvalue weighted by atomic mass is 35.5. The van der Waals surface area contributed by atoms with Crippen molar-refractivity contribution in [3.8, 4) is 11.5 Å². The minimum atomic E-state index is -0.168. The maximum absolute atomic E-state index is 12.4. The van der Waals surface area contributed by atoms with Crippen LogP contribution in [-0.2, 0) is 9.59 Å². The van der Waals surface area contributed by atoms with E-state index in [2.05, 4.69) is 5.32 Å². The number of Topliss-reactive ketones (excluding diaryl/α,β-unsaturated/α-hetero) is 2. The van der Waals surface area contributed by atoms with Crippen molar-refractivity contribution in [1.82, 2.24) is 5.32 Å². The lowest BCUT2D eigenvalue weighted by Gasteiger charge is -2.28. The van der Waals surface area contributed by atoms with Gasteiger partial charge in [0.2, 0.25) is 0 Å². The molecule has 2 aromatic carbocycles. The number of nitrogens with one attached hydrogen (secondary N) is 1. The molecular formula is C25H27Cl2NO5. The molecule has 0 saturated heterocycles. The van der Waals surface area contributed by atoms with Gasteiger partial charge in [-0.25, -0.2) is 0 Å². The molecule has 0 heterocycles. The Kier molecular flexibility index (Phi) is 9.15. The summed E-state index contributed by atoms with van der Waals surface area (Å²) in [4.78, 5) is 36.3. The van der Waals surface area contributed by atoms with Gasteiger partial charge in [0.05, 0.1) is 5.56 Å². The molecule has 0 bridgehead atoms. The molecular weight excluding hydrogens is 465 g/mol. The first-order chi connectivity index (χ1) is 15.8. The van der Waals surface area contributed by atoms with E-state index < -0.39 is 0 Å². The van der Waals surface area contributed by atoms with Crippen molar-refractivity contribution in [2.75, 3.05) is 13.2 Å². The second-order valence-electron chi connectivity index (χ2n) is 8.26. The maximum atomic E-state index is 12.4. The lowest BCUT2D eigenvalue weighted by atomic mass is 9.83. The number of carbonyl (C=O) groups is 3. The van der Waals surface area contributed by atoms with Gasteiger partial charge in [0.1, 0.15) is 18.1 Å². The number of hydrogen-bond donors (Lipinski definition) is 1. The van der Waals surface area contributed by atoms with Gasteiger partial charge in [-0.1, -0.05) is 23.2 Å². The second kappa shape index (κ2) is 12.1. The van der Waals surface area contributed by atoms with E-state index in [9.17, 15) is 14.4 Å². The van der Waals surface area contributed by atoms with Crippen LogP contribution in [0.15, 0.2) is 42.5 Å². The molecule has 1 amide bonds. The summed E-state index contributed by atoms with van der Waals surface area (Å²) in [5.74, 6) is 0.877. The van der Waals surface area contributed by atoms with E-state index in [4.69, 9.17) is 32.7 Å². The third-order valence-electron chi connectivity index (χ3n) is 5.62. The van der Waals surface area contributed by atoms with E-state index in [-0.39, 0.29) is 42.6 Å². The number of rotatable bonds is 10. The van der Waals surface area contributed by atoms with Crippen molar-refractivity contribution in [2.24, 2.45) is 5.92 Å². The smallest absolute Gasteiger partial charge is 0.258 e. The Balaban J connectivity index is 1.36. The second-order valence-corrected chi connectivity index (χ2v) is 9.13. The van der Waals surface area contributed by atoms with Gasteiger partial charge in [-0.3, -0.25) is 14.4 Å². The number of carbonyl (C=O) groups excluding carboxylic acids is 3. The summed E-state index contributed by atoms with van der Waals surface area (Å²) in [7, 11) is 0. The lowest BCUT2D eigenvalue weighted by Crippen LogP contribution is -2.40. The van der Waals surface area contributed by atoms with Crippen molar-refractivity contribution in [1.29, 1.82) is 0 Å². The standard InChI is InChI=1S/C25H27Cl2NO5/c1-16(29)23-13-19(27)6-11-24(23)33-14-21(30)12-17-2-7-20(8-3-17)28-25(31)15-32-22-9-4-18(26)5-10-22/h4-6,9-11,13,17,20H,2-3,7-8,12,14-15H2,1H3,(H,28,31). The molecule has 1 N–H and O–H groups in total. The van der Waals surface area contributed by atoms with Gasteiger partial charge in [-0.15, -0.1) is 0 Å².